The van der Waals surface area contributed by atoms with Gasteiger partial charge in [0.1, 0.15) is 6.29 Å². The van der Waals surface area contributed by atoms with Crippen LogP contribution in [0.2, 0.25) is 0 Å². The lowest BCUT2D eigenvalue weighted by Gasteiger charge is -1.94. The van der Waals surface area contributed by atoms with Crippen molar-refractivity contribution in [2.75, 3.05) is 0 Å². The van der Waals surface area contributed by atoms with Crippen LogP contribution in [0.25, 0.3) is 0 Å². The molecule has 1 nitrogen and oxygen atoms in total. The van der Waals surface area contributed by atoms with E-state index in [1.54, 1.807) is 0 Å². The molecular weight excluding hydrogens is 112 g/mol. The fourth-order valence-corrected chi connectivity index (χ4v) is 0.555. The highest BCUT2D eigenvalue weighted by atomic mass is 16.1. The molecule has 0 atom stereocenters. The summed E-state index contributed by atoms with van der Waals surface area (Å²) >= 11 is 0. The Kier molecular flexibility index (Phi) is 3.69. The van der Waals surface area contributed by atoms with Crippen molar-refractivity contribution in [3.63, 3.8) is 0 Å². The number of hydrogen-bond donors (Lipinski definition) is 0. The van der Waals surface area contributed by atoms with Gasteiger partial charge >= 0.3 is 0 Å². The molecule has 0 heterocycles. The summed E-state index contributed by atoms with van der Waals surface area (Å²) in [5.41, 5.74) is 1.81. The molecule has 0 radical (unpaired) electrons. The number of aldehydes is 1. The standard InChI is InChI=1S/C8H12O/c1-4-7(3)8(5-2)6-9/h4-6H,1-3H3/b7-4-,8-5-. The Morgan fingerprint density at radius 2 is 1.78 bits per heavy atom. The third kappa shape index (κ3) is 2.27. The minimum atomic E-state index is 0.775. The average molecular weight is 124 g/mol. The lowest BCUT2D eigenvalue weighted by Crippen LogP contribution is -1.84. The van der Waals surface area contributed by atoms with Crippen LogP contribution in [-0.2, 0) is 4.79 Å². The molecule has 0 unspecified atom stereocenters. The van der Waals surface area contributed by atoms with Crippen molar-refractivity contribution in [2.45, 2.75) is 20.8 Å². The Balaban J connectivity index is 4.32. The summed E-state index contributed by atoms with van der Waals surface area (Å²) in [7, 11) is 0. The fourth-order valence-electron chi connectivity index (χ4n) is 0.555. The highest BCUT2D eigenvalue weighted by Gasteiger charge is 1.91. The molecule has 0 saturated carbocycles. The topological polar surface area (TPSA) is 17.1 Å². The van der Waals surface area contributed by atoms with Crippen molar-refractivity contribution < 1.29 is 4.79 Å². The quantitative estimate of drug-likeness (QED) is 0.313. The van der Waals surface area contributed by atoms with Crippen LogP contribution >= 0.6 is 0 Å². The van der Waals surface area contributed by atoms with Gasteiger partial charge in [-0.15, -0.1) is 0 Å². The van der Waals surface area contributed by atoms with E-state index in [-0.39, 0.29) is 0 Å². The van der Waals surface area contributed by atoms with Crippen LogP contribution in [-0.4, -0.2) is 6.29 Å². The molecule has 0 aromatic rings. The first-order valence-corrected chi connectivity index (χ1v) is 3.01. The normalized spacial score (nSPS) is 13.7. The second-order valence-electron chi connectivity index (χ2n) is 1.83. The molecular formula is C8H12O. The van der Waals surface area contributed by atoms with Crippen molar-refractivity contribution in [1.29, 1.82) is 0 Å². The molecule has 0 aromatic heterocycles. The van der Waals surface area contributed by atoms with Crippen molar-refractivity contribution in [3.05, 3.63) is 23.3 Å². The molecule has 1 heteroatoms. The maximum atomic E-state index is 10.2. The number of carbonyl (C=O) groups excluding carboxylic acids is 1. The van der Waals surface area contributed by atoms with E-state index in [4.69, 9.17) is 0 Å². The molecule has 0 spiro atoms. The Bertz CT molecular complexity index is 152. The Labute approximate surface area is 56.1 Å². The van der Waals surface area contributed by atoms with E-state index >= 15 is 0 Å². The van der Waals surface area contributed by atoms with Gasteiger partial charge in [0.25, 0.3) is 0 Å². The van der Waals surface area contributed by atoms with Crippen molar-refractivity contribution in [1.82, 2.24) is 0 Å². The number of hydrogen-bond acceptors (Lipinski definition) is 1. The zero-order chi connectivity index (χ0) is 7.28. The third-order valence-corrected chi connectivity index (χ3v) is 1.33. The number of allylic oxidation sites excluding steroid dienone is 4. The highest BCUT2D eigenvalue weighted by molar-refractivity contribution is 5.79. The van der Waals surface area contributed by atoms with Gasteiger partial charge in [-0.25, -0.2) is 0 Å². The molecule has 0 bridgehead atoms. The Hall–Kier alpha value is -0.850. The van der Waals surface area contributed by atoms with E-state index in [0.29, 0.717) is 0 Å². The van der Waals surface area contributed by atoms with Gasteiger partial charge in [-0.3, -0.25) is 4.79 Å². The van der Waals surface area contributed by atoms with Crippen molar-refractivity contribution >= 4 is 6.29 Å². The molecule has 50 valence electrons. The first kappa shape index (κ1) is 8.15. The Morgan fingerprint density at radius 1 is 1.22 bits per heavy atom. The van der Waals surface area contributed by atoms with Crippen molar-refractivity contribution in [3.8, 4) is 0 Å². The maximum Gasteiger partial charge on any atom is 0.149 e. The predicted molar refractivity (Wildman–Crippen MR) is 39.3 cm³/mol. The van der Waals surface area contributed by atoms with Crippen LogP contribution in [0.1, 0.15) is 20.8 Å². The van der Waals surface area contributed by atoms with Gasteiger partial charge in [-0.05, 0) is 26.3 Å². The monoisotopic (exact) mass is 124 g/mol. The fraction of sp³-hybridized carbons (Fsp3) is 0.375. The summed E-state index contributed by atoms with van der Waals surface area (Å²) in [6, 6.07) is 0. The van der Waals surface area contributed by atoms with Crippen molar-refractivity contribution in [2.24, 2.45) is 0 Å². The van der Waals surface area contributed by atoms with E-state index in [1.807, 2.05) is 32.9 Å². The molecule has 0 aromatic carbocycles. The highest BCUT2D eigenvalue weighted by Crippen LogP contribution is 2.04. The minimum Gasteiger partial charge on any atom is -0.298 e. The van der Waals surface area contributed by atoms with E-state index < -0.39 is 0 Å². The van der Waals surface area contributed by atoms with Gasteiger partial charge < -0.3 is 0 Å². The predicted octanol–water partition coefficient (Wildman–Crippen LogP) is 2.10. The number of carbonyl (C=O) groups is 1. The zero-order valence-corrected chi connectivity index (χ0v) is 6.14. The second-order valence-corrected chi connectivity index (χ2v) is 1.83. The van der Waals surface area contributed by atoms with Gasteiger partial charge in [0.05, 0.1) is 0 Å². The van der Waals surface area contributed by atoms with Crippen LogP contribution in [0.5, 0.6) is 0 Å². The van der Waals surface area contributed by atoms with Gasteiger partial charge in [-0.2, -0.15) is 0 Å². The van der Waals surface area contributed by atoms with Gasteiger partial charge in [0, 0.05) is 5.57 Å². The van der Waals surface area contributed by atoms with Crippen LogP contribution in [0.3, 0.4) is 0 Å². The van der Waals surface area contributed by atoms with E-state index in [2.05, 4.69) is 0 Å². The first-order valence-electron chi connectivity index (χ1n) is 3.01. The van der Waals surface area contributed by atoms with Crippen LogP contribution in [0.15, 0.2) is 23.3 Å². The maximum absolute atomic E-state index is 10.2. The lowest BCUT2D eigenvalue weighted by molar-refractivity contribution is -0.104. The van der Waals surface area contributed by atoms with Gasteiger partial charge in [-0.1, -0.05) is 12.2 Å². The molecule has 0 aliphatic heterocycles. The van der Waals surface area contributed by atoms with E-state index in [0.717, 1.165) is 17.4 Å². The summed E-state index contributed by atoms with van der Waals surface area (Å²) in [4.78, 5) is 10.2. The van der Waals surface area contributed by atoms with Crippen LogP contribution in [0, 0.1) is 0 Å². The van der Waals surface area contributed by atoms with Crippen LogP contribution < -0.4 is 0 Å². The number of rotatable bonds is 2. The largest absolute Gasteiger partial charge is 0.298 e. The van der Waals surface area contributed by atoms with E-state index in [9.17, 15) is 4.79 Å². The summed E-state index contributed by atoms with van der Waals surface area (Å²) in [5, 5.41) is 0. The summed E-state index contributed by atoms with van der Waals surface area (Å²) in [6.07, 6.45) is 4.60. The molecule has 0 aliphatic carbocycles. The SMILES string of the molecule is C/C=C(C)\C(C=O)=C/C. The van der Waals surface area contributed by atoms with Gasteiger partial charge in [0.15, 0.2) is 0 Å². The molecule has 9 heavy (non-hydrogen) atoms. The molecule has 0 N–H and O–H groups in total. The zero-order valence-electron chi connectivity index (χ0n) is 6.14. The average Bonchev–Trinajstić information content (AvgIpc) is 1.90. The molecule has 0 fully saturated rings. The Morgan fingerprint density at radius 3 is 1.89 bits per heavy atom. The molecule has 0 amide bonds. The summed E-state index contributed by atoms with van der Waals surface area (Å²) < 4.78 is 0. The second kappa shape index (κ2) is 4.07. The van der Waals surface area contributed by atoms with E-state index in [1.165, 1.54) is 0 Å². The first-order chi connectivity index (χ1) is 4.26. The van der Waals surface area contributed by atoms with Gasteiger partial charge in [0.2, 0.25) is 0 Å². The minimum absolute atomic E-state index is 0.775. The summed E-state index contributed by atoms with van der Waals surface area (Å²) in [6.45, 7) is 5.70. The van der Waals surface area contributed by atoms with Crippen LogP contribution in [0.4, 0.5) is 0 Å². The molecule has 0 rings (SSSR count). The lowest BCUT2D eigenvalue weighted by atomic mass is 10.1. The molecule has 0 aliphatic rings. The third-order valence-electron chi connectivity index (χ3n) is 1.33. The molecule has 0 saturated heterocycles. The summed E-state index contributed by atoms with van der Waals surface area (Å²) in [5.74, 6) is 0. The smallest absolute Gasteiger partial charge is 0.149 e.